The number of nitrogens with zero attached hydrogens (tertiary/aromatic N) is 8. The molecule has 1 aliphatic heterocycles. The van der Waals surface area contributed by atoms with E-state index in [2.05, 4.69) is 83.5 Å². The number of nitrogen functional groups attached to an aromatic ring is 1. The summed E-state index contributed by atoms with van der Waals surface area (Å²) >= 11 is 1.36. The number of hydrogen-bond donors (Lipinski definition) is 1. The molecular formula is C32H29N9S. The van der Waals surface area contributed by atoms with E-state index in [0.29, 0.717) is 17.0 Å². The second-order valence-electron chi connectivity index (χ2n) is 10.4. The molecule has 5 heterocycles. The first-order valence-electron chi connectivity index (χ1n) is 14.0. The van der Waals surface area contributed by atoms with Crippen LogP contribution in [0.3, 0.4) is 0 Å². The maximum atomic E-state index is 5.83. The van der Waals surface area contributed by atoms with Crippen LogP contribution < -0.4 is 5.73 Å². The Hall–Kier alpha value is -4.80. The van der Waals surface area contributed by atoms with Crippen molar-refractivity contribution in [2.75, 3.05) is 18.8 Å². The third-order valence-electron chi connectivity index (χ3n) is 7.65. The zero-order valence-electron chi connectivity index (χ0n) is 22.9. The molecule has 0 amide bonds. The monoisotopic (exact) mass is 571 g/mol. The highest BCUT2D eigenvalue weighted by Crippen LogP contribution is 2.35. The number of piperidine rings is 1. The van der Waals surface area contributed by atoms with Gasteiger partial charge in [0, 0.05) is 61.1 Å². The van der Waals surface area contributed by atoms with Gasteiger partial charge < -0.3 is 5.73 Å². The zero-order valence-corrected chi connectivity index (χ0v) is 23.7. The second-order valence-corrected chi connectivity index (χ2v) is 11.4. The molecular weight excluding hydrogens is 542 g/mol. The van der Waals surface area contributed by atoms with Crippen molar-refractivity contribution in [1.82, 2.24) is 39.8 Å². The van der Waals surface area contributed by atoms with Gasteiger partial charge in [-0.3, -0.25) is 14.6 Å². The Kier molecular flexibility index (Phi) is 7.21. The average molecular weight is 572 g/mol. The Morgan fingerprint density at radius 2 is 1.57 bits per heavy atom. The molecule has 0 bridgehead atoms. The first kappa shape index (κ1) is 26.1. The summed E-state index contributed by atoms with van der Waals surface area (Å²) in [7, 11) is 0. The van der Waals surface area contributed by atoms with Gasteiger partial charge in [0.1, 0.15) is 0 Å². The fourth-order valence-electron chi connectivity index (χ4n) is 5.47. The summed E-state index contributed by atoms with van der Waals surface area (Å²) in [6.45, 7) is 2.98. The minimum absolute atomic E-state index is 0.392. The Morgan fingerprint density at radius 3 is 2.31 bits per heavy atom. The summed E-state index contributed by atoms with van der Waals surface area (Å²) in [5, 5.41) is 14.0. The minimum Gasteiger partial charge on any atom is -0.374 e. The van der Waals surface area contributed by atoms with Crippen LogP contribution in [-0.2, 0) is 6.54 Å². The van der Waals surface area contributed by atoms with E-state index in [1.54, 1.807) is 12.4 Å². The van der Waals surface area contributed by atoms with E-state index in [1.165, 1.54) is 16.9 Å². The summed E-state index contributed by atoms with van der Waals surface area (Å²) in [5.74, 6) is 0.716. The molecule has 0 atom stereocenters. The summed E-state index contributed by atoms with van der Waals surface area (Å²) < 4.78 is 2.08. The number of nitrogens with two attached hydrogens (primary N) is 1. The molecule has 0 unspecified atom stereocenters. The first-order chi connectivity index (χ1) is 20.7. The van der Waals surface area contributed by atoms with Gasteiger partial charge >= 0.3 is 0 Å². The van der Waals surface area contributed by atoms with E-state index in [-0.39, 0.29) is 0 Å². The smallest absolute Gasteiger partial charge is 0.203 e. The van der Waals surface area contributed by atoms with E-state index in [9.17, 15) is 0 Å². The number of rotatable bonds is 7. The molecule has 6 aromatic rings. The summed E-state index contributed by atoms with van der Waals surface area (Å²) in [5.41, 5.74) is 13.2. The van der Waals surface area contributed by atoms with Crippen LogP contribution in [0, 0.1) is 0 Å². The van der Waals surface area contributed by atoms with Crippen molar-refractivity contribution in [3.05, 3.63) is 103 Å². The molecule has 0 radical (unpaired) electrons. The lowest BCUT2D eigenvalue weighted by molar-refractivity contribution is 0.173. The number of likely N-dealkylation sites (tertiary alicyclic amines) is 1. The molecule has 2 aromatic carbocycles. The van der Waals surface area contributed by atoms with Gasteiger partial charge in [-0.15, -0.1) is 10.2 Å². The van der Waals surface area contributed by atoms with E-state index in [1.807, 2.05) is 36.7 Å². The van der Waals surface area contributed by atoms with E-state index < -0.39 is 0 Å². The molecule has 1 saturated heterocycles. The van der Waals surface area contributed by atoms with Crippen molar-refractivity contribution >= 4 is 16.5 Å². The lowest BCUT2D eigenvalue weighted by Crippen LogP contribution is -2.34. The third kappa shape index (κ3) is 5.54. The fraction of sp³-hybridized carbons (Fsp3) is 0.188. The minimum atomic E-state index is 0.392. The van der Waals surface area contributed by atoms with Gasteiger partial charge in [-0.2, -0.15) is 5.10 Å². The number of pyridine rings is 1. The zero-order chi connectivity index (χ0) is 28.3. The SMILES string of the molecule is Nc1nnc(-c2cnc(-c3ccc(CN4CCC(n5cc(-c6ncccn6)cn5)CC4)cc3)c(-c3ccccc3)c2)s1. The summed E-state index contributed by atoms with van der Waals surface area (Å²) in [6, 6.07) is 23.5. The summed E-state index contributed by atoms with van der Waals surface area (Å²) in [6.07, 6.45) is 11.4. The molecule has 1 fully saturated rings. The van der Waals surface area contributed by atoms with Crippen LogP contribution in [0.5, 0.6) is 0 Å². The van der Waals surface area contributed by atoms with Gasteiger partial charge in [-0.1, -0.05) is 65.9 Å². The fourth-order valence-corrected chi connectivity index (χ4v) is 6.06. The average Bonchev–Trinajstić information content (AvgIpc) is 3.72. The van der Waals surface area contributed by atoms with E-state index in [4.69, 9.17) is 10.7 Å². The van der Waals surface area contributed by atoms with Gasteiger partial charge in [-0.25, -0.2) is 9.97 Å². The topological polar surface area (TPSA) is 112 Å². The highest BCUT2D eigenvalue weighted by molar-refractivity contribution is 7.18. The third-order valence-corrected chi connectivity index (χ3v) is 8.45. The Morgan fingerprint density at radius 1 is 0.786 bits per heavy atom. The van der Waals surface area contributed by atoms with Crippen LogP contribution in [-0.4, -0.2) is 52.9 Å². The first-order valence-corrected chi connectivity index (χ1v) is 14.8. The molecule has 0 aliphatic carbocycles. The maximum Gasteiger partial charge on any atom is 0.203 e. The lowest BCUT2D eigenvalue weighted by atomic mass is 9.97. The van der Waals surface area contributed by atoms with Gasteiger partial charge in [0.15, 0.2) is 10.8 Å². The number of anilines is 1. The van der Waals surface area contributed by atoms with Gasteiger partial charge in [0.2, 0.25) is 5.13 Å². The lowest BCUT2D eigenvalue weighted by Gasteiger charge is -2.32. The molecule has 10 heteroatoms. The molecule has 1 aliphatic rings. The van der Waals surface area contributed by atoms with Gasteiger partial charge in [-0.05, 0) is 36.1 Å². The van der Waals surface area contributed by atoms with E-state index in [0.717, 1.165) is 71.0 Å². The molecule has 0 saturated carbocycles. The second kappa shape index (κ2) is 11.6. The van der Waals surface area contributed by atoms with Gasteiger partial charge in [0.25, 0.3) is 0 Å². The Bertz CT molecular complexity index is 1770. The Labute approximate surface area is 247 Å². The largest absolute Gasteiger partial charge is 0.374 e. The molecule has 7 rings (SSSR count). The highest BCUT2D eigenvalue weighted by Gasteiger charge is 2.22. The van der Waals surface area contributed by atoms with Gasteiger partial charge in [0.05, 0.1) is 23.5 Å². The molecule has 4 aromatic heterocycles. The van der Waals surface area contributed by atoms with Crippen LogP contribution in [0.25, 0.3) is 44.3 Å². The van der Waals surface area contributed by atoms with Crippen LogP contribution >= 0.6 is 11.3 Å². The highest BCUT2D eigenvalue weighted by atomic mass is 32.1. The predicted octanol–water partition coefficient (Wildman–Crippen LogP) is 6.01. The van der Waals surface area contributed by atoms with Crippen LogP contribution in [0.1, 0.15) is 24.4 Å². The number of hydrogen-bond acceptors (Lipinski definition) is 9. The standard InChI is InChI=1S/C32H29N9S/c33-32-39-38-31(42-32)25-17-28(23-5-2-1-3-6-23)29(36-18-25)24-9-7-22(8-10-24)20-40-15-11-27(12-16-40)41-21-26(19-37-41)30-34-13-4-14-35-30/h1-10,13-14,17-19,21,27H,11-12,15-16,20H2,(H2,33,39). The molecule has 208 valence electrons. The van der Waals surface area contributed by atoms with Crippen LogP contribution in [0.4, 0.5) is 5.13 Å². The van der Waals surface area contributed by atoms with Crippen molar-refractivity contribution in [3.8, 4) is 44.3 Å². The van der Waals surface area contributed by atoms with Crippen LogP contribution in [0.2, 0.25) is 0 Å². The van der Waals surface area contributed by atoms with Crippen molar-refractivity contribution < 1.29 is 0 Å². The van der Waals surface area contributed by atoms with Crippen molar-refractivity contribution in [1.29, 1.82) is 0 Å². The normalized spacial score (nSPS) is 14.3. The molecule has 2 N–H and O–H groups in total. The quantitative estimate of drug-likeness (QED) is 0.248. The van der Waals surface area contributed by atoms with E-state index >= 15 is 0 Å². The van der Waals surface area contributed by atoms with Crippen LogP contribution in [0.15, 0.2) is 97.7 Å². The van der Waals surface area contributed by atoms with Crippen molar-refractivity contribution in [3.63, 3.8) is 0 Å². The number of aromatic nitrogens is 7. The summed E-state index contributed by atoms with van der Waals surface area (Å²) in [4.78, 5) is 16.1. The number of benzene rings is 2. The molecule has 0 spiro atoms. The Balaban J connectivity index is 1.04. The molecule has 9 nitrogen and oxygen atoms in total. The maximum absolute atomic E-state index is 5.83. The van der Waals surface area contributed by atoms with Crippen molar-refractivity contribution in [2.45, 2.75) is 25.4 Å². The van der Waals surface area contributed by atoms with Crippen molar-refractivity contribution in [2.24, 2.45) is 0 Å². The molecule has 42 heavy (non-hydrogen) atoms. The predicted molar refractivity (Wildman–Crippen MR) is 165 cm³/mol.